The standard InChI is InChI=1S/C13H28O7Si/c1-7-11(17-10-21(14-4,15-5)16-6)18-13(9-3)19-12(8-2)20-13/h11-12H,7-10H2,1-6H3. The van der Waals surface area contributed by atoms with Gasteiger partial charge in [0.15, 0.2) is 12.6 Å². The lowest BCUT2D eigenvalue weighted by molar-refractivity contribution is -0.558. The quantitative estimate of drug-likeness (QED) is 0.425. The van der Waals surface area contributed by atoms with Gasteiger partial charge in [0, 0.05) is 27.8 Å². The third-order valence-electron chi connectivity index (χ3n) is 3.41. The molecule has 8 heteroatoms. The van der Waals surface area contributed by atoms with E-state index in [2.05, 4.69) is 0 Å². The molecule has 1 heterocycles. The molecule has 1 atom stereocenters. The molecule has 0 N–H and O–H groups in total. The Morgan fingerprint density at radius 3 is 2.00 bits per heavy atom. The second-order valence-corrected chi connectivity index (χ2v) is 7.55. The maximum atomic E-state index is 5.82. The lowest BCUT2D eigenvalue weighted by Crippen LogP contribution is -2.57. The fourth-order valence-corrected chi connectivity index (χ4v) is 3.18. The van der Waals surface area contributed by atoms with Crippen molar-refractivity contribution in [3.05, 3.63) is 0 Å². The lowest BCUT2D eigenvalue weighted by atomic mass is 10.3. The number of ether oxygens (including phenoxy) is 4. The van der Waals surface area contributed by atoms with Gasteiger partial charge in [0.05, 0.1) is 0 Å². The topological polar surface area (TPSA) is 64.6 Å². The van der Waals surface area contributed by atoms with Gasteiger partial charge in [0.1, 0.15) is 6.23 Å². The molecule has 1 rings (SSSR count). The second kappa shape index (κ2) is 8.54. The third-order valence-corrected chi connectivity index (χ3v) is 5.80. The van der Waals surface area contributed by atoms with Crippen LogP contribution in [0, 0.1) is 0 Å². The van der Waals surface area contributed by atoms with Crippen LogP contribution in [0.2, 0.25) is 0 Å². The van der Waals surface area contributed by atoms with Crippen LogP contribution in [-0.4, -0.2) is 54.9 Å². The summed E-state index contributed by atoms with van der Waals surface area (Å²) in [6, 6.07) is 0. The second-order valence-electron chi connectivity index (χ2n) is 4.67. The molecule has 0 amide bonds. The van der Waals surface area contributed by atoms with E-state index in [0.717, 1.165) is 6.42 Å². The van der Waals surface area contributed by atoms with Crippen LogP contribution in [0.15, 0.2) is 0 Å². The van der Waals surface area contributed by atoms with Crippen LogP contribution in [0.4, 0.5) is 0 Å². The van der Waals surface area contributed by atoms with Crippen LogP contribution in [0.3, 0.4) is 0 Å². The Morgan fingerprint density at radius 1 is 1.05 bits per heavy atom. The largest absolute Gasteiger partial charge is 0.527 e. The van der Waals surface area contributed by atoms with Crippen molar-refractivity contribution in [1.82, 2.24) is 0 Å². The summed E-state index contributed by atoms with van der Waals surface area (Å²) in [7, 11) is 1.85. The zero-order valence-electron chi connectivity index (χ0n) is 13.8. The Morgan fingerprint density at radius 2 is 1.62 bits per heavy atom. The molecule has 0 aromatic carbocycles. The molecule has 0 aromatic heterocycles. The highest BCUT2D eigenvalue weighted by Gasteiger charge is 2.48. The van der Waals surface area contributed by atoms with Gasteiger partial charge >= 0.3 is 8.80 Å². The summed E-state index contributed by atoms with van der Waals surface area (Å²) in [6.07, 6.45) is 1.54. The summed E-state index contributed by atoms with van der Waals surface area (Å²) in [5, 5.41) is 0. The minimum absolute atomic E-state index is 0.200. The van der Waals surface area contributed by atoms with Gasteiger partial charge in [0.2, 0.25) is 0 Å². The molecule has 126 valence electrons. The maximum absolute atomic E-state index is 5.82. The summed E-state index contributed by atoms with van der Waals surface area (Å²) in [5.41, 5.74) is 0. The minimum Gasteiger partial charge on any atom is -0.375 e. The van der Waals surface area contributed by atoms with Crippen LogP contribution < -0.4 is 0 Å². The normalized spacial score (nSPS) is 27.4. The molecule has 7 nitrogen and oxygen atoms in total. The van der Waals surface area contributed by atoms with E-state index < -0.39 is 21.1 Å². The summed E-state index contributed by atoms with van der Waals surface area (Å²) < 4.78 is 38.8. The molecule has 0 saturated carbocycles. The summed E-state index contributed by atoms with van der Waals surface area (Å²) in [5.74, 6) is -1.00. The molecule has 21 heavy (non-hydrogen) atoms. The predicted octanol–water partition coefficient (Wildman–Crippen LogP) is 2.02. The van der Waals surface area contributed by atoms with E-state index >= 15 is 0 Å². The van der Waals surface area contributed by atoms with Gasteiger partial charge in [-0.2, -0.15) is 0 Å². The van der Waals surface area contributed by atoms with E-state index in [9.17, 15) is 0 Å². The number of hydrogen-bond donors (Lipinski definition) is 0. The van der Waals surface area contributed by atoms with Crippen molar-refractivity contribution in [2.24, 2.45) is 0 Å². The Hall–Kier alpha value is -0.0631. The van der Waals surface area contributed by atoms with E-state index in [1.165, 1.54) is 0 Å². The Kier molecular flexibility index (Phi) is 7.72. The average Bonchev–Trinajstić information content (AvgIpc) is 2.50. The first-order valence-corrected chi connectivity index (χ1v) is 9.26. The molecule has 0 aromatic rings. The van der Waals surface area contributed by atoms with Gasteiger partial charge < -0.3 is 18.0 Å². The Bertz CT molecular complexity index is 284. The fourth-order valence-electron chi connectivity index (χ4n) is 1.94. The van der Waals surface area contributed by atoms with Gasteiger partial charge in [-0.25, -0.2) is 0 Å². The molecule has 1 fully saturated rings. The van der Waals surface area contributed by atoms with Gasteiger partial charge in [-0.05, 0) is 12.8 Å². The number of rotatable bonds is 11. The maximum Gasteiger partial charge on any atom is 0.527 e. The van der Waals surface area contributed by atoms with Crippen LogP contribution >= 0.6 is 0 Å². The highest BCUT2D eigenvalue weighted by Crippen LogP contribution is 2.36. The van der Waals surface area contributed by atoms with E-state index in [-0.39, 0.29) is 12.5 Å². The summed E-state index contributed by atoms with van der Waals surface area (Å²) >= 11 is 0. The van der Waals surface area contributed by atoms with Crippen LogP contribution in [-0.2, 0) is 32.2 Å². The molecule has 0 radical (unpaired) electrons. The van der Waals surface area contributed by atoms with Crippen molar-refractivity contribution >= 4 is 8.80 Å². The van der Waals surface area contributed by atoms with E-state index in [0.29, 0.717) is 12.8 Å². The van der Waals surface area contributed by atoms with Gasteiger partial charge in [-0.1, -0.05) is 20.8 Å². The fraction of sp³-hybridized carbons (Fsp3) is 1.00. The molecule has 0 spiro atoms. The van der Waals surface area contributed by atoms with Crippen LogP contribution in [0.1, 0.15) is 40.0 Å². The first-order chi connectivity index (χ1) is 10.0. The van der Waals surface area contributed by atoms with Gasteiger partial charge in [-0.15, -0.1) is 0 Å². The molecule has 0 aliphatic carbocycles. The van der Waals surface area contributed by atoms with Gasteiger partial charge in [0.25, 0.3) is 5.97 Å². The van der Waals surface area contributed by atoms with Crippen LogP contribution in [0.5, 0.6) is 0 Å². The van der Waals surface area contributed by atoms with Crippen molar-refractivity contribution in [2.45, 2.75) is 58.6 Å². The monoisotopic (exact) mass is 324 g/mol. The first-order valence-electron chi connectivity index (χ1n) is 7.33. The van der Waals surface area contributed by atoms with Crippen molar-refractivity contribution in [1.29, 1.82) is 0 Å². The first kappa shape index (κ1) is 19.0. The zero-order valence-corrected chi connectivity index (χ0v) is 14.8. The minimum atomic E-state index is -2.78. The zero-order chi connectivity index (χ0) is 15.9. The molecule has 1 unspecified atom stereocenters. The summed E-state index contributed by atoms with van der Waals surface area (Å²) in [4.78, 5) is 0. The van der Waals surface area contributed by atoms with Crippen LogP contribution in [0.25, 0.3) is 0 Å². The SMILES string of the molecule is CCC(OC[Si](OC)(OC)OC)OC1(CC)OC(CC)O1. The Balaban J connectivity index is 2.51. The highest BCUT2D eigenvalue weighted by atomic mass is 28.4. The molecular formula is C13H28O7Si. The van der Waals surface area contributed by atoms with E-state index in [1.807, 2.05) is 20.8 Å². The number of hydrogen-bond acceptors (Lipinski definition) is 7. The highest BCUT2D eigenvalue weighted by molar-refractivity contribution is 6.60. The van der Waals surface area contributed by atoms with Crippen molar-refractivity contribution in [3.63, 3.8) is 0 Å². The third kappa shape index (κ3) is 4.70. The molecule has 1 saturated heterocycles. The van der Waals surface area contributed by atoms with Crippen molar-refractivity contribution < 1.29 is 32.2 Å². The van der Waals surface area contributed by atoms with Gasteiger partial charge in [-0.3, -0.25) is 14.2 Å². The van der Waals surface area contributed by atoms with Crippen molar-refractivity contribution in [2.75, 3.05) is 27.6 Å². The Labute approximate surface area is 128 Å². The van der Waals surface area contributed by atoms with E-state index in [4.69, 9.17) is 32.2 Å². The summed E-state index contributed by atoms with van der Waals surface area (Å²) in [6.45, 7) is 5.89. The van der Waals surface area contributed by atoms with Crippen molar-refractivity contribution in [3.8, 4) is 0 Å². The molecule has 0 bridgehead atoms. The smallest absolute Gasteiger partial charge is 0.375 e. The predicted molar refractivity (Wildman–Crippen MR) is 77.2 cm³/mol. The lowest BCUT2D eigenvalue weighted by Gasteiger charge is -2.47. The average molecular weight is 324 g/mol. The molecule has 1 aliphatic rings. The molecular weight excluding hydrogens is 296 g/mol. The molecule has 1 aliphatic heterocycles. The van der Waals surface area contributed by atoms with E-state index in [1.54, 1.807) is 21.3 Å².